The first-order valence-electron chi connectivity index (χ1n) is 7.11. The molecule has 1 aliphatic heterocycles. The van der Waals surface area contributed by atoms with Crippen molar-refractivity contribution in [1.82, 2.24) is 10.2 Å². The van der Waals surface area contributed by atoms with Gasteiger partial charge in [0.05, 0.1) is 0 Å². The summed E-state index contributed by atoms with van der Waals surface area (Å²) in [6, 6.07) is 10.8. The van der Waals surface area contributed by atoms with Crippen LogP contribution >= 0.6 is 0 Å². The minimum Gasteiger partial charge on any atom is -0.316 e. The third-order valence-electron chi connectivity index (χ3n) is 3.96. The van der Waals surface area contributed by atoms with Gasteiger partial charge in [-0.05, 0) is 43.8 Å². The molecule has 2 nitrogen and oxygen atoms in total. The fraction of sp³-hybridized carbons (Fsp3) is 0.625. The summed E-state index contributed by atoms with van der Waals surface area (Å²) in [7, 11) is 2.25. The summed E-state index contributed by atoms with van der Waals surface area (Å²) < 4.78 is 0. The zero-order chi connectivity index (χ0) is 12.8. The van der Waals surface area contributed by atoms with Crippen molar-refractivity contribution < 1.29 is 0 Å². The van der Waals surface area contributed by atoms with E-state index in [1.54, 1.807) is 0 Å². The second-order valence-electron chi connectivity index (χ2n) is 6.06. The standard InChI is InChI=1S/C16H26N2/c1-16(10-6-11-17-13-16)14-18(2)12-9-15-7-4-3-5-8-15/h3-5,7-8,17H,6,9-14H2,1-2H3. The van der Waals surface area contributed by atoms with E-state index in [0.29, 0.717) is 5.41 Å². The maximum absolute atomic E-state index is 3.53. The van der Waals surface area contributed by atoms with Crippen molar-refractivity contribution in [3.05, 3.63) is 35.9 Å². The lowest BCUT2D eigenvalue weighted by atomic mass is 9.82. The minimum atomic E-state index is 0.462. The van der Waals surface area contributed by atoms with Gasteiger partial charge in [0.15, 0.2) is 0 Å². The summed E-state index contributed by atoms with van der Waals surface area (Å²) >= 11 is 0. The smallest absolute Gasteiger partial charge is 0.00446 e. The summed E-state index contributed by atoms with van der Waals surface area (Å²) in [4.78, 5) is 2.49. The molecule has 1 unspecified atom stereocenters. The highest BCUT2D eigenvalue weighted by atomic mass is 15.1. The Balaban J connectivity index is 1.76. The third-order valence-corrected chi connectivity index (χ3v) is 3.96. The molecule has 0 bridgehead atoms. The molecular weight excluding hydrogens is 220 g/mol. The molecule has 0 amide bonds. The lowest BCUT2D eigenvalue weighted by Gasteiger charge is -2.37. The van der Waals surface area contributed by atoms with E-state index in [2.05, 4.69) is 54.5 Å². The van der Waals surface area contributed by atoms with Crippen LogP contribution in [0.3, 0.4) is 0 Å². The Morgan fingerprint density at radius 3 is 2.72 bits per heavy atom. The van der Waals surface area contributed by atoms with Crippen LogP contribution in [-0.4, -0.2) is 38.1 Å². The van der Waals surface area contributed by atoms with E-state index in [9.17, 15) is 0 Å². The zero-order valence-corrected chi connectivity index (χ0v) is 11.8. The van der Waals surface area contributed by atoms with Gasteiger partial charge in [0.25, 0.3) is 0 Å². The highest BCUT2D eigenvalue weighted by Gasteiger charge is 2.27. The van der Waals surface area contributed by atoms with E-state index >= 15 is 0 Å². The average molecular weight is 246 g/mol. The summed E-state index contributed by atoms with van der Waals surface area (Å²) in [6.45, 7) is 7.14. The van der Waals surface area contributed by atoms with Crippen molar-refractivity contribution in [2.75, 3.05) is 33.2 Å². The van der Waals surface area contributed by atoms with Crippen molar-refractivity contribution in [1.29, 1.82) is 0 Å². The van der Waals surface area contributed by atoms with E-state index in [-0.39, 0.29) is 0 Å². The molecule has 0 saturated carbocycles. The summed E-state index contributed by atoms with van der Waals surface area (Å²) in [5, 5.41) is 3.53. The number of nitrogens with zero attached hydrogens (tertiary/aromatic N) is 1. The van der Waals surface area contributed by atoms with Gasteiger partial charge in [-0.2, -0.15) is 0 Å². The van der Waals surface area contributed by atoms with Crippen LogP contribution in [0.5, 0.6) is 0 Å². The molecule has 1 aromatic carbocycles. The fourth-order valence-electron chi connectivity index (χ4n) is 2.95. The molecule has 1 heterocycles. The van der Waals surface area contributed by atoms with Crippen molar-refractivity contribution in [3.63, 3.8) is 0 Å². The Hall–Kier alpha value is -0.860. The molecule has 100 valence electrons. The molecule has 2 heteroatoms. The number of rotatable bonds is 5. The largest absolute Gasteiger partial charge is 0.316 e. The van der Waals surface area contributed by atoms with Gasteiger partial charge in [0.1, 0.15) is 0 Å². The maximum atomic E-state index is 3.53. The Bertz CT molecular complexity index is 341. The molecule has 1 aromatic rings. The molecule has 1 N–H and O–H groups in total. The monoisotopic (exact) mass is 246 g/mol. The molecule has 2 rings (SSSR count). The molecule has 0 radical (unpaired) electrons. The van der Waals surface area contributed by atoms with E-state index in [1.165, 1.54) is 38.0 Å². The van der Waals surface area contributed by atoms with Crippen molar-refractivity contribution in [3.8, 4) is 0 Å². The number of nitrogens with one attached hydrogen (secondary N) is 1. The third kappa shape index (κ3) is 4.11. The zero-order valence-electron chi connectivity index (χ0n) is 11.8. The lowest BCUT2D eigenvalue weighted by Crippen LogP contribution is -2.45. The average Bonchev–Trinajstić information content (AvgIpc) is 2.38. The van der Waals surface area contributed by atoms with Crippen LogP contribution in [0.15, 0.2) is 30.3 Å². The molecule has 1 atom stereocenters. The summed E-state index contributed by atoms with van der Waals surface area (Å²) in [5.41, 5.74) is 1.90. The van der Waals surface area contributed by atoms with Crippen molar-refractivity contribution in [2.45, 2.75) is 26.2 Å². The van der Waals surface area contributed by atoms with Crippen LogP contribution in [0.1, 0.15) is 25.3 Å². The van der Waals surface area contributed by atoms with Crippen molar-refractivity contribution in [2.24, 2.45) is 5.41 Å². The first kappa shape index (κ1) is 13.6. The lowest BCUT2D eigenvalue weighted by molar-refractivity contribution is 0.154. The fourth-order valence-corrected chi connectivity index (χ4v) is 2.95. The minimum absolute atomic E-state index is 0.462. The SMILES string of the molecule is CN(CCc1ccccc1)CC1(C)CCCNC1. The van der Waals surface area contributed by atoms with Crippen LogP contribution in [0.25, 0.3) is 0 Å². The van der Waals surface area contributed by atoms with E-state index in [1.807, 2.05) is 0 Å². The second kappa shape index (κ2) is 6.35. The van der Waals surface area contributed by atoms with Crippen LogP contribution in [0.4, 0.5) is 0 Å². The molecule has 0 spiro atoms. The van der Waals surface area contributed by atoms with Gasteiger partial charge in [-0.1, -0.05) is 37.3 Å². The molecule has 1 aliphatic rings. The number of hydrogen-bond donors (Lipinski definition) is 1. The van der Waals surface area contributed by atoms with Crippen LogP contribution in [-0.2, 0) is 6.42 Å². The Kier molecular flexibility index (Phi) is 4.79. The van der Waals surface area contributed by atoms with Crippen molar-refractivity contribution >= 4 is 0 Å². The van der Waals surface area contributed by atoms with Gasteiger partial charge in [0.2, 0.25) is 0 Å². The number of likely N-dealkylation sites (N-methyl/N-ethyl adjacent to an activating group) is 1. The highest BCUT2D eigenvalue weighted by Crippen LogP contribution is 2.26. The van der Waals surface area contributed by atoms with E-state index < -0.39 is 0 Å². The second-order valence-corrected chi connectivity index (χ2v) is 6.06. The quantitative estimate of drug-likeness (QED) is 0.859. The number of benzene rings is 1. The maximum Gasteiger partial charge on any atom is 0.00446 e. The van der Waals surface area contributed by atoms with Gasteiger partial charge < -0.3 is 10.2 Å². The topological polar surface area (TPSA) is 15.3 Å². The molecular formula is C16H26N2. The number of piperidine rings is 1. The molecule has 0 aliphatic carbocycles. The van der Waals surface area contributed by atoms with E-state index in [0.717, 1.165) is 13.0 Å². The van der Waals surface area contributed by atoms with Crippen LogP contribution in [0, 0.1) is 5.41 Å². The van der Waals surface area contributed by atoms with Gasteiger partial charge in [-0.25, -0.2) is 0 Å². The molecule has 0 aromatic heterocycles. The van der Waals surface area contributed by atoms with Gasteiger partial charge in [-0.15, -0.1) is 0 Å². The molecule has 18 heavy (non-hydrogen) atoms. The van der Waals surface area contributed by atoms with Gasteiger partial charge in [0, 0.05) is 19.6 Å². The Morgan fingerprint density at radius 1 is 1.28 bits per heavy atom. The normalized spacial score (nSPS) is 24.4. The Labute approximate surface area is 111 Å². The highest BCUT2D eigenvalue weighted by molar-refractivity contribution is 5.14. The van der Waals surface area contributed by atoms with Crippen LogP contribution < -0.4 is 5.32 Å². The summed E-state index contributed by atoms with van der Waals surface area (Å²) in [6.07, 6.45) is 3.83. The predicted molar refractivity (Wildman–Crippen MR) is 77.9 cm³/mol. The molecule has 1 saturated heterocycles. The first-order chi connectivity index (χ1) is 8.68. The van der Waals surface area contributed by atoms with Gasteiger partial charge >= 0.3 is 0 Å². The van der Waals surface area contributed by atoms with Crippen LogP contribution in [0.2, 0.25) is 0 Å². The first-order valence-corrected chi connectivity index (χ1v) is 7.11. The molecule has 1 fully saturated rings. The van der Waals surface area contributed by atoms with E-state index in [4.69, 9.17) is 0 Å². The number of hydrogen-bond acceptors (Lipinski definition) is 2. The summed E-state index contributed by atoms with van der Waals surface area (Å²) in [5.74, 6) is 0. The van der Waals surface area contributed by atoms with Gasteiger partial charge in [-0.3, -0.25) is 0 Å². The predicted octanol–water partition coefficient (Wildman–Crippen LogP) is 2.55. The Morgan fingerprint density at radius 2 is 2.06 bits per heavy atom.